The largest absolute Gasteiger partial charge is 0.451 e. The molecule has 0 aromatic rings. The lowest BCUT2D eigenvalue weighted by Crippen LogP contribution is -2.47. The van der Waals surface area contributed by atoms with E-state index in [0.29, 0.717) is 13.1 Å². The molecule has 0 aliphatic heterocycles. The Bertz CT molecular complexity index is 517. The molecule has 0 rings (SSSR count). The van der Waals surface area contributed by atoms with Gasteiger partial charge in [-0.2, -0.15) is 18.0 Å². The van der Waals surface area contributed by atoms with Gasteiger partial charge in [0.25, 0.3) is 0 Å². The summed E-state index contributed by atoms with van der Waals surface area (Å²) in [6.45, 7) is 2.00. The van der Waals surface area contributed by atoms with Crippen molar-refractivity contribution in [3.05, 3.63) is 5.53 Å². The second-order valence-electron chi connectivity index (χ2n) is 4.81. The van der Waals surface area contributed by atoms with Gasteiger partial charge in [-0.1, -0.05) is 0 Å². The van der Waals surface area contributed by atoms with Crippen LogP contribution in [0.1, 0.15) is 26.7 Å². The van der Waals surface area contributed by atoms with E-state index < -0.39 is 42.1 Å². The Morgan fingerprint density at radius 1 is 1.29 bits per heavy atom. The number of carbonyl (C=O) groups is 3. The van der Waals surface area contributed by atoms with Gasteiger partial charge < -0.3 is 20.3 Å². The summed E-state index contributed by atoms with van der Waals surface area (Å²) in [5, 5.41) is 2.16. The van der Waals surface area contributed by atoms with Crippen LogP contribution in [0.2, 0.25) is 0 Å². The van der Waals surface area contributed by atoms with Crippen molar-refractivity contribution >= 4 is 23.9 Å². The van der Waals surface area contributed by atoms with Gasteiger partial charge in [0.15, 0.2) is 6.10 Å². The minimum absolute atomic E-state index is 0.337. The highest BCUT2D eigenvalue weighted by atomic mass is 19.4. The number of Topliss-reactive ketones (excluding diaryl/α,β-unsaturated/α-hetero) is 1. The minimum Gasteiger partial charge on any atom is -0.451 e. The lowest BCUT2D eigenvalue weighted by Gasteiger charge is -2.22. The normalized spacial score (nSPS) is 14.8. The lowest BCUT2D eigenvalue weighted by atomic mass is 10.1. The van der Waals surface area contributed by atoms with Crippen LogP contribution in [0.4, 0.5) is 13.2 Å². The Kier molecular flexibility index (Phi) is 8.86. The SMILES string of the molecule is CO[C@@H](C)C(=O)N[C@@H](CCC(=O)C=[N+]=[N-])C(=O)O[C@@H](C)C(F)(F)F. The van der Waals surface area contributed by atoms with E-state index in [2.05, 4.69) is 14.8 Å². The van der Waals surface area contributed by atoms with Crippen LogP contribution >= 0.6 is 0 Å². The zero-order chi connectivity index (χ0) is 18.9. The number of amides is 1. The van der Waals surface area contributed by atoms with Crippen molar-refractivity contribution in [2.75, 3.05) is 7.11 Å². The molecule has 0 saturated heterocycles. The first-order chi connectivity index (χ1) is 11.0. The van der Waals surface area contributed by atoms with Gasteiger partial charge >= 0.3 is 18.4 Å². The van der Waals surface area contributed by atoms with E-state index in [1.807, 2.05) is 0 Å². The Morgan fingerprint density at radius 2 is 1.88 bits per heavy atom. The molecule has 0 fully saturated rings. The number of nitrogens with one attached hydrogen (secondary N) is 1. The van der Waals surface area contributed by atoms with E-state index in [4.69, 9.17) is 10.3 Å². The van der Waals surface area contributed by atoms with Gasteiger partial charge in [0, 0.05) is 13.5 Å². The van der Waals surface area contributed by atoms with Crippen molar-refractivity contribution in [3.63, 3.8) is 0 Å². The molecule has 0 spiro atoms. The van der Waals surface area contributed by atoms with E-state index in [0.717, 1.165) is 0 Å². The predicted octanol–water partition coefficient (Wildman–Crippen LogP) is 0.650. The monoisotopic (exact) mass is 353 g/mol. The molecule has 0 aliphatic carbocycles. The molecule has 11 heteroatoms. The van der Waals surface area contributed by atoms with Gasteiger partial charge in [-0.05, 0) is 20.3 Å². The third-order valence-corrected chi connectivity index (χ3v) is 2.96. The molecule has 0 aromatic carbocycles. The summed E-state index contributed by atoms with van der Waals surface area (Å²) >= 11 is 0. The summed E-state index contributed by atoms with van der Waals surface area (Å²) in [4.78, 5) is 37.3. The topological polar surface area (TPSA) is 118 Å². The number of rotatable bonds is 9. The van der Waals surface area contributed by atoms with Crippen LogP contribution < -0.4 is 5.32 Å². The molecule has 8 nitrogen and oxygen atoms in total. The molecular formula is C13H18F3N3O5. The Hall–Kier alpha value is -2.26. The number of carbonyl (C=O) groups excluding carboxylic acids is 3. The highest BCUT2D eigenvalue weighted by Gasteiger charge is 2.40. The second-order valence-corrected chi connectivity index (χ2v) is 4.81. The molecule has 1 N–H and O–H groups in total. The summed E-state index contributed by atoms with van der Waals surface area (Å²) in [5.74, 6) is -2.79. The smallest absolute Gasteiger partial charge is 0.425 e. The molecule has 0 radical (unpaired) electrons. The lowest BCUT2D eigenvalue weighted by molar-refractivity contribution is -0.217. The van der Waals surface area contributed by atoms with Crippen molar-refractivity contribution in [2.45, 2.75) is 51.1 Å². The summed E-state index contributed by atoms with van der Waals surface area (Å²) < 4.78 is 46.3. The van der Waals surface area contributed by atoms with Crippen molar-refractivity contribution < 1.29 is 41.8 Å². The van der Waals surface area contributed by atoms with Crippen molar-refractivity contribution in [3.8, 4) is 0 Å². The molecule has 0 aliphatic rings. The maximum atomic E-state index is 12.4. The van der Waals surface area contributed by atoms with Crippen LogP contribution in [0.5, 0.6) is 0 Å². The molecule has 0 unspecified atom stereocenters. The van der Waals surface area contributed by atoms with Gasteiger partial charge in [-0.15, -0.1) is 0 Å². The van der Waals surface area contributed by atoms with E-state index in [1.54, 1.807) is 0 Å². The summed E-state index contributed by atoms with van der Waals surface area (Å²) in [5.41, 5.74) is 8.22. The highest BCUT2D eigenvalue weighted by Crippen LogP contribution is 2.23. The zero-order valence-electron chi connectivity index (χ0n) is 13.3. The number of nitrogens with zero attached hydrogens (tertiary/aromatic N) is 2. The maximum Gasteiger partial charge on any atom is 0.425 e. The Labute approximate surface area is 135 Å². The standard InChI is InChI=1S/C13H18F3N3O5/c1-7(23-3)11(21)19-10(5-4-9(20)6-18-17)12(22)24-8(2)13(14,15)16/h6-8,10H,4-5H2,1-3H3,(H,19,21)/t7-,8-,10-/m0/s1. The van der Waals surface area contributed by atoms with Crippen molar-refractivity contribution in [2.24, 2.45) is 0 Å². The quantitative estimate of drug-likeness (QED) is 0.283. The van der Waals surface area contributed by atoms with E-state index >= 15 is 0 Å². The molecule has 136 valence electrons. The molecular weight excluding hydrogens is 335 g/mol. The number of hydrogen-bond donors (Lipinski definition) is 1. The average molecular weight is 353 g/mol. The van der Waals surface area contributed by atoms with E-state index in [-0.39, 0.29) is 12.8 Å². The van der Waals surface area contributed by atoms with Crippen LogP contribution in [-0.2, 0) is 23.9 Å². The van der Waals surface area contributed by atoms with Gasteiger partial charge in [0.05, 0.1) is 0 Å². The predicted molar refractivity (Wildman–Crippen MR) is 73.9 cm³/mol. The van der Waals surface area contributed by atoms with Crippen LogP contribution in [0.15, 0.2) is 0 Å². The minimum atomic E-state index is -4.76. The molecule has 0 heterocycles. The van der Waals surface area contributed by atoms with Crippen LogP contribution in [0, 0.1) is 0 Å². The number of hydrogen-bond acceptors (Lipinski definition) is 5. The first kappa shape index (κ1) is 21.7. The highest BCUT2D eigenvalue weighted by molar-refractivity contribution is 6.25. The molecule has 1 amide bonds. The second kappa shape index (κ2) is 9.78. The fourth-order valence-electron chi connectivity index (χ4n) is 1.38. The maximum absolute atomic E-state index is 12.4. The number of ether oxygens (including phenoxy) is 2. The van der Waals surface area contributed by atoms with Crippen LogP contribution in [0.25, 0.3) is 5.53 Å². The molecule has 24 heavy (non-hydrogen) atoms. The molecule has 3 atom stereocenters. The van der Waals surface area contributed by atoms with Crippen LogP contribution in [0.3, 0.4) is 0 Å². The third-order valence-electron chi connectivity index (χ3n) is 2.96. The molecule has 0 aromatic heterocycles. The van der Waals surface area contributed by atoms with Gasteiger partial charge in [0.2, 0.25) is 11.7 Å². The number of halogens is 3. The van der Waals surface area contributed by atoms with Gasteiger partial charge in [-0.25, -0.2) is 4.79 Å². The van der Waals surface area contributed by atoms with Crippen LogP contribution in [-0.4, -0.2) is 60.2 Å². The number of esters is 1. The molecule has 0 saturated carbocycles. The number of methoxy groups -OCH3 is 1. The zero-order valence-corrected chi connectivity index (χ0v) is 13.3. The first-order valence-electron chi connectivity index (χ1n) is 6.83. The third kappa shape index (κ3) is 7.84. The van der Waals surface area contributed by atoms with Gasteiger partial charge in [0.1, 0.15) is 12.1 Å². The average Bonchev–Trinajstić information content (AvgIpc) is 2.49. The summed E-state index contributed by atoms with van der Waals surface area (Å²) in [6, 6.07) is -1.49. The van der Waals surface area contributed by atoms with Crippen molar-refractivity contribution in [1.29, 1.82) is 0 Å². The summed E-state index contributed by atoms with van der Waals surface area (Å²) in [7, 11) is 1.23. The Balaban J connectivity index is 5.01. The first-order valence-corrected chi connectivity index (χ1v) is 6.83. The van der Waals surface area contributed by atoms with Crippen molar-refractivity contribution in [1.82, 2.24) is 5.32 Å². The van der Waals surface area contributed by atoms with E-state index in [9.17, 15) is 27.6 Å². The fraction of sp³-hybridized carbons (Fsp3) is 0.692. The number of alkyl halides is 3. The number of ketones is 1. The fourth-order valence-corrected chi connectivity index (χ4v) is 1.38. The molecule has 0 bridgehead atoms. The van der Waals surface area contributed by atoms with E-state index in [1.165, 1.54) is 14.0 Å². The van der Waals surface area contributed by atoms with Gasteiger partial charge in [-0.3, -0.25) is 9.59 Å². The Morgan fingerprint density at radius 3 is 2.33 bits per heavy atom. The summed E-state index contributed by atoms with van der Waals surface area (Å²) in [6.07, 6.45) is -8.22.